The Morgan fingerprint density at radius 3 is 2.34 bits per heavy atom. The molecule has 0 radical (unpaired) electrons. The van der Waals surface area contributed by atoms with Crippen LogP contribution in [0.1, 0.15) is 47.8 Å². The maximum Gasteiger partial charge on any atom is 0.338 e. The predicted octanol–water partition coefficient (Wildman–Crippen LogP) is 4.01. The molecule has 0 amide bonds. The van der Waals surface area contributed by atoms with Gasteiger partial charge in [-0.25, -0.2) is 13.2 Å². The minimum atomic E-state index is -3.23. The summed E-state index contributed by atoms with van der Waals surface area (Å²) in [5.74, 6) is -0.370. The Bertz CT molecular complexity index is 986. The smallest absolute Gasteiger partial charge is 0.338 e. The molecule has 156 valence electrons. The first-order chi connectivity index (χ1) is 13.7. The number of benzene rings is 2. The van der Waals surface area contributed by atoms with Crippen molar-refractivity contribution in [2.45, 2.75) is 38.1 Å². The normalized spacial score (nSPS) is 12.1. The van der Waals surface area contributed by atoms with Crippen LogP contribution in [0.25, 0.3) is 0 Å². The Morgan fingerprint density at radius 2 is 1.79 bits per heavy atom. The van der Waals surface area contributed by atoms with E-state index >= 15 is 0 Å². The van der Waals surface area contributed by atoms with Crippen LogP contribution in [0, 0.1) is 6.92 Å². The Labute approximate surface area is 177 Å². The van der Waals surface area contributed by atoms with Gasteiger partial charge in [-0.1, -0.05) is 25.1 Å². The van der Waals surface area contributed by atoms with Crippen molar-refractivity contribution in [3.63, 3.8) is 0 Å². The highest BCUT2D eigenvalue weighted by Gasteiger charge is 2.16. The summed E-state index contributed by atoms with van der Waals surface area (Å²) >= 11 is 5.45. The molecule has 2 aromatic rings. The van der Waals surface area contributed by atoms with E-state index in [1.54, 1.807) is 43.3 Å². The highest BCUT2D eigenvalue weighted by molar-refractivity contribution is 7.90. The minimum Gasteiger partial charge on any atom is -0.462 e. The zero-order chi connectivity index (χ0) is 21.6. The van der Waals surface area contributed by atoms with Gasteiger partial charge in [0.2, 0.25) is 0 Å². The summed E-state index contributed by atoms with van der Waals surface area (Å²) < 4.78 is 28.4. The van der Waals surface area contributed by atoms with E-state index in [0.29, 0.717) is 17.3 Å². The van der Waals surface area contributed by atoms with Crippen LogP contribution < -0.4 is 10.6 Å². The van der Waals surface area contributed by atoms with Crippen LogP contribution in [0.5, 0.6) is 0 Å². The molecule has 0 heterocycles. The van der Waals surface area contributed by atoms with Crippen LogP contribution in [0.2, 0.25) is 0 Å². The molecule has 2 N–H and O–H groups in total. The molecule has 0 aliphatic rings. The van der Waals surface area contributed by atoms with E-state index in [9.17, 15) is 13.2 Å². The number of hydrogen-bond acceptors (Lipinski definition) is 5. The minimum absolute atomic E-state index is 0.0860. The molecule has 2 rings (SSSR count). The molecule has 0 aromatic heterocycles. The summed E-state index contributed by atoms with van der Waals surface area (Å²) in [6, 6.07) is 12.0. The number of sulfone groups is 1. The molecule has 0 saturated carbocycles. The van der Waals surface area contributed by atoms with Crippen molar-refractivity contribution >= 4 is 38.8 Å². The van der Waals surface area contributed by atoms with Crippen LogP contribution in [0.3, 0.4) is 0 Å². The second-order valence-electron chi connectivity index (χ2n) is 6.60. The monoisotopic (exact) mass is 434 g/mol. The van der Waals surface area contributed by atoms with Crippen molar-refractivity contribution in [1.82, 2.24) is 5.32 Å². The number of carbonyl (C=O) groups is 1. The van der Waals surface area contributed by atoms with E-state index in [2.05, 4.69) is 10.6 Å². The molecule has 1 atom stereocenters. The topological polar surface area (TPSA) is 84.5 Å². The third kappa shape index (κ3) is 6.01. The number of carbonyl (C=O) groups excluding carboxylic acids is 1. The fourth-order valence-corrected chi connectivity index (χ4v) is 3.77. The first-order valence-electron chi connectivity index (χ1n) is 9.31. The van der Waals surface area contributed by atoms with Crippen LogP contribution in [-0.2, 0) is 14.6 Å². The summed E-state index contributed by atoms with van der Waals surface area (Å²) in [6.07, 6.45) is 1.94. The number of rotatable bonds is 7. The lowest BCUT2D eigenvalue weighted by atomic mass is 10.0. The lowest BCUT2D eigenvalue weighted by molar-refractivity contribution is 0.0525. The SMILES string of the molecule is CCOC(=O)c1cccc(NC(=S)N[C@H](CC)c2ccc(S(C)(=O)=O)cc2)c1C. The summed E-state index contributed by atoms with van der Waals surface area (Å²) in [7, 11) is -3.23. The van der Waals surface area contributed by atoms with Gasteiger partial charge in [-0.3, -0.25) is 0 Å². The van der Waals surface area contributed by atoms with Crippen molar-refractivity contribution in [1.29, 1.82) is 0 Å². The average molecular weight is 435 g/mol. The van der Waals surface area contributed by atoms with Gasteiger partial charge in [0.25, 0.3) is 0 Å². The fourth-order valence-electron chi connectivity index (χ4n) is 2.89. The number of ether oxygens (including phenoxy) is 1. The molecule has 0 unspecified atom stereocenters. The van der Waals surface area contributed by atoms with Gasteiger partial charge in [-0.05, 0) is 67.9 Å². The van der Waals surface area contributed by atoms with Crippen LogP contribution in [0.15, 0.2) is 47.4 Å². The summed E-state index contributed by atoms with van der Waals surface area (Å²) in [6.45, 7) is 5.92. The molecule has 29 heavy (non-hydrogen) atoms. The number of nitrogens with one attached hydrogen (secondary N) is 2. The van der Waals surface area contributed by atoms with Crippen molar-refractivity contribution in [3.8, 4) is 0 Å². The Morgan fingerprint density at radius 1 is 1.14 bits per heavy atom. The molecule has 0 saturated heterocycles. The van der Waals surface area contributed by atoms with E-state index in [-0.39, 0.29) is 16.9 Å². The Kier molecular flexibility index (Phi) is 7.75. The van der Waals surface area contributed by atoms with Gasteiger partial charge < -0.3 is 15.4 Å². The van der Waals surface area contributed by atoms with Gasteiger partial charge in [-0.2, -0.15) is 0 Å². The molecule has 6 nitrogen and oxygen atoms in total. The second kappa shape index (κ2) is 9.84. The third-order valence-electron chi connectivity index (χ3n) is 4.50. The van der Waals surface area contributed by atoms with Gasteiger partial charge >= 0.3 is 5.97 Å². The van der Waals surface area contributed by atoms with E-state index < -0.39 is 9.84 Å². The van der Waals surface area contributed by atoms with Crippen molar-refractivity contribution in [2.24, 2.45) is 0 Å². The molecule has 0 fully saturated rings. The lowest BCUT2D eigenvalue weighted by Gasteiger charge is -2.21. The largest absolute Gasteiger partial charge is 0.462 e. The fraction of sp³-hybridized carbons (Fsp3) is 0.333. The van der Waals surface area contributed by atoms with Gasteiger partial charge in [0.1, 0.15) is 0 Å². The molecule has 8 heteroatoms. The standard InChI is InChI=1S/C21H26N2O4S2/c1-5-18(15-10-12-16(13-11-15)29(4,25)26)22-21(28)23-19-9-7-8-17(14(19)3)20(24)27-6-2/h7-13,18H,5-6H2,1-4H3,(H2,22,23,28)/t18-/m1/s1. The van der Waals surface area contributed by atoms with Crippen molar-refractivity contribution < 1.29 is 17.9 Å². The molecular weight excluding hydrogens is 408 g/mol. The van der Waals surface area contributed by atoms with E-state index in [0.717, 1.165) is 23.2 Å². The zero-order valence-electron chi connectivity index (χ0n) is 17.0. The highest BCUT2D eigenvalue weighted by Crippen LogP contribution is 2.22. The Hall–Kier alpha value is -2.45. The van der Waals surface area contributed by atoms with Gasteiger partial charge in [0.15, 0.2) is 14.9 Å². The first-order valence-corrected chi connectivity index (χ1v) is 11.6. The van der Waals surface area contributed by atoms with Gasteiger partial charge in [0, 0.05) is 11.9 Å². The molecule has 0 aliphatic carbocycles. The van der Waals surface area contributed by atoms with E-state index in [1.807, 2.05) is 19.9 Å². The number of esters is 1. The van der Waals surface area contributed by atoms with Crippen molar-refractivity contribution in [3.05, 3.63) is 59.2 Å². The van der Waals surface area contributed by atoms with E-state index in [1.165, 1.54) is 6.26 Å². The predicted molar refractivity (Wildman–Crippen MR) is 119 cm³/mol. The number of anilines is 1. The molecule has 2 aromatic carbocycles. The van der Waals surface area contributed by atoms with Crippen molar-refractivity contribution in [2.75, 3.05) is 18.2 Å². The maximum atomic E-state index is 12.1. The van der Waals surface area contributed by atoms with E-state index in [4.69, 9.17) is 17.0 Å². The molecule has 0 spiro atoms. The summed E-state index contributed by atoms with van der Waals surface area (Å²) in [5.41, 5.74) is 2.89. The zero-order valence-corrected chi connectivity index (χ0v) is 18.6. The second-order valence-corrected chi connectivity index (χ2v) is 9.02. The van der Waals surface area contributed by atoms with Gasteiger partial charge in [-0.15, -0.1) is 0 Å². The first kappa shape index (κ1) is 22.8. The molecule has 0 bridgehead atoms. The lowest BCUT2D eigenvalue weighted by Crippen LogP contribution is -2.32. The maximum absolute atomic E-state index is 12.1. The number of thiocarbonyl (C=S) groups is 1. The summed E-state index contributed by atoms with van der Waals surface area (Å²) in [4.78, 5) is 12.4. The summed E-state index contributed by atoms with van der Waals surface area (Å²) in [5, 5.41) is 6.79. The third-order valence-corrected chi connectivity index (χ3v) is 5.85. The Balaban J connectivity index is 2.13. The highest BCUT2D eigenvalue weighted by atomic mass is 32.2. The van der Waals surface area contributed by atoms with Crippen LogP contribution >= 0.6 is 12.2 Å². The average Bonchev–Trinajstić information content (AvgIpc) is 2.67. The quantitative estimate of drug-likeness (QED) is 0.503. The molecular formula is C21H26N2O4S2. The molecule has 0 aliphatic heterocycles. The van der Waals surface area contributed by atoms with Crippen LogP contribution in [0.4, 0.5) is 5.69 Å². The van der Waals surface area contributed by atoms with Gasteiger partial charge in [0.05, 0.1) is 23.1 Å². The number of hydrogen-bond donors (Lipinski definition) is 2. The van der Waals surface area contributed by atoms with Crippen LogP contribution in [-0.4, -0.2) is 32.4 Å².